The zero-order valence-electron chi connectivity index (χ0n) is 10.8. The Bertz CT molecular complexity index is 467. The standard InChI is InChI=1S/C14H19FN2OS/c15-13-4-3-10(6-12(13)14(16)19)7-17-5-1-2-11(8-17)9-18/h3-4,6,11,18H,1-2,5,7-9H2,(H2,16,19). The number of hydrogen-bond acceptors (Lipinski definition) is 3. The van der Waals surface area contributed by atoms with E-state index in [9.17, 15) is 9.50 Å². The highest BCUT2D eigenvalue weighted by molar-refractivity contribution is 7.80. The van der Waals surface area contributed by atoms with Gasteiger partial charge in [0.15, 0.2) is 0 Å². The number of halogens is 1. The highest BCUT2D eigenvalue weighted by Gasteiger charge is 2.19. The molecule has 3 nitrogen and oxygen atoms in total. The number of thiocarbonyl (C=S) groups is 1. The molecule has 1 aromatic rings. The van der Waals surface area contributed by atoms with Gasteiger partial charge < -0.3 is 10.8 Å². The highest BCUT2D eigenvalue weighted by Crippen LogP contribution is 2.19. The molecule has 1 atom stereocenters. The molecule has 0 spiro atoms. The van der Waals surface area contributed by atoms with E-state index in [0.717, 1.165) is 38.0 Å². The molecule has 1 aromatic carbocycles. The van der Waals surface area contributed by atoms with Crippen LogP contribution in [0.15, 0.2) is 18.2 Å². The molecule has 104 valence electrons. The Balaban J connectivity index is 2.06. The summed E-state index contributed by atoms with van der Waals surface area (Å²) >= 11 is 4.84. The normalized spacial score (nSPS) is 20.4. The lowest BCUT2D eigenvalue weighted by molar-refractivity contribution is 0.116. The molecule has 0 amide bonds. The van der Waals surface area contributed by atoms with Gasteiger partial charge in [0.05, 0.1) is 0 Å². The van der Waals surface area contributed by atoms with E-state index in [-0.39, 0.29) is 17.4 Å². The maximum atomic E-state index is 13.5. The van der Waals surface area contributed by atoms with Crippen molar-refractivity contribution in [3.63, 3.8) is 0 Å². The summed E-state index contributed by atoms with van der Waals surface area (Å²) in [4.78, 5) is 2.37. The van der Waals surface area contributed by atoms with Crippen LogP contribution in [-0.2, 0) is 6.54 Å². The van der Waals surface area contributed by atoms with E-state index >= 15 is 0 Å². The van der Waals surface area contributed by atoms with Crippen LogP contribution >= 0.6 is 12.2 Å². The Kier molecular flexibility index (Phi) is 4.85. The number of nitrogens with zero attached hydrogens (tertiary/aromatic N) is 1. The second kappa shape index (κ2) is 6.41. The third-order valence-corrected chi connectivity index (χ3v) is 3.78. The van der Waals surface area contributed by atoms with E-state index in [1.165, 1.54) is 6.07 Å². The molecule has 1 heterocycles. The molecular weight excluding hydrogens is 263 g/mol. The Morgan fingerprint density at radius 3 is 3.00 bits per heavy atom. The summed E-state index contributed by atoms with van der Waals surface area (Å²) in [6.07, 6.45) is 2.17. The van der Waals surface area contributed by atoms with Crippen LogP contribution in [-0.4, -0.2) is 34.7 Å². The second-order valence-electron chi connectivity index (χ2n) is 5.10. The average Bonchev–Trinajstić information content (AvgIpc) is 2.41. The van der Waals surface area contributed by atoms with Gasteiger partial charge in [0.2, 0.25) is 0 Å². The summed E-state index contributed by atoms with van der Waals surface area (Å²) in [5.74, 6) is -0.0209. The van der Waals surface area contributed by atoms with E-state index in [1.807, 2.05) is 0 Å². The third kappa shape index (κ3) is 3.72. The van der Waals surface area contributed by atoms with Crippen molar-refractivity contribution >= 4 is 17.2 Å². The van der Waals surface area contributed by atoms with Gasteiger partial charge in [-0.05, 0) is 43.0 Å². The zero-order valence-corrected chi connectivity index (χ0v) is 11.6. The first-order chi connectivity index (χ1) is 9.10. The molecule has 0 aromatic heterocycles. The number of hydrogen-bond donors (Lipinski definition) is 2. The molecular formula is C14H19FN2OS. The third-order valence-electron chi connectivity index (χ3n) is 3.56. The van der Waals surface area contributed by atoms with Crippen molar-refractivity contribution in [2.75, 3.05) is 19.7 Å². The monoisotopic (exact) mass is 282 g/mol. The van der Waals surface area contributed by atoms with Gasteiger partial charge in [-0.1, -0.05) is 18.3 Å². The van der Waals surface area contributed by atoms with Crippen molar-refractivity contribution in [2.24, 2.45) is 11.7 Å². The van der Waals surface area contributed by atoms with Gasteiger partial charge in [0.25, 0.3) is 0 Å². The van der Waals surface area contributed by atoms with Crippen LogP contribution in [0.2, 0.25) is 0 Å². The summed E-state index contributed by atoms with van der Waals surface area (Å²) < 4.78 is 13.5. The first kappa shape index (κ1) is 14.4. The molecule has 2 rings (SSSR count). The number of benzene rings is 1. The van der Waals surface area contributed by atoms with Crippen LogP contribution in [0.1, 0.15) is 24.0 Å². The van der Waals surface area contributed by atoms with Crippen molar-refractivity contribution in [1.29, 1.82) is 0 Å². The largest absolute Gasteiger partial charge is 0.396 e. The molecule has 0 bridgehead atoms. The van der Waals surface area contributed by atoms with Gasteiger partial charge in [-0.3, -0.25) is 4.90 Å². The highest BCUT2D eigenvalue weighted by atomic mass is 32.1. The number of likely N-dealkylation sites (tertiary alicyclic amines) is 1. The summed E-state index contributed by atoms with van der Waals surface area (Å²) in [6, 6.07) is 4.90. The molecule has 1 saturated heterocycles. The summed E-state index contributed by atoms with van der Waals surface area (Å²) in [5, 5.41) is 9.22. The lowest BCUT2D eigenvalue weighted by Crippen LogP contribution is -2.36. The van der Waals surface area contributed by atoms with E-state index in [0.29, 0.717) is 11.5 Å². The van der Waals surface area contributed by atoms with Crippen molar-refractivity contribution in [3.05, 3.63) is 35.1 Å². The minimum Gasteiger partial charge on any atom is -0.396 e. The predicted octanol–water partition coefficient (Wildman–Crippen LogP) is 1.66. The molecule has 1 unspecified atom stereocenters. The maximum Gasteiger partial charge on any atom is 0.133 e. The van der Waals surface area contributed by atoms with Gasteiger partial charge >= 0.3 is 0 Å². The molecule has 0 radical (unpaired) electrons. The molecule has 1 fully saturated rings. The fourth-order valence-corrected chi connectivity index (χ4v) is 2.72. The van der Waals surface area contributed by atoms with Crippen LogP contribution in [0.3, 0.4) is 0 Å². The fraction of sp³-hybridized carbons (Fsp3) is 0.500. The first-order valence-electron chi connectivity index (χ1n) is 6.51. The molecule has 19 heavy (non-hydrogen) atoms. The Hall–Kier alpha value is -1.04. The van der Waals surface area contributed by atoms with E-state index in [4.69, 9.17) is 18.0 Å². The van der Waals surface area contributed by atoms with Crippen molar-refractivity contribution < 1.29 is 9.50 Å². The number of nitrogens with two attached hydrogens (primary N) is 1. The Morgan fingerprint density at radius 1 is 1.53 bits per heavy atom. The SMILES string of the molecule is NC(=S)c1cc(CN2CCCC(CO)C2)ccc1F. The molecule has 1 aliphatic rings. The average molecular weight is 282 g/mol. The van der Waals surface area contributed by atoms with E-state index < -0.39 is 0 Å². The predicted molar refractivity (Wildman–Crippen MR) is 77.4 cm³/mol. The van der Waals surface area contributed by atoms with Gasteiger partial charge in [0.1, 0.15) is 10.8 Å². The van der Waals surface area contributed by atoms with Crippen molar-refractivity contribution in [3.8, 4) is 0 Å². The second-order valence-corrected chi connectivity index (χ2v) is 5.54. The van der Waals surface area contributed by atoms with Crippen molar-refractivity contribution in [1.82, 2.24) is 4.90 Å². The van der Waals surface area contributed by atoms with Gasteiger partial charge in [0, 0.05) is 25.3 Å². The van der Waals surface area contributed by atoms with Crippen LogP contribution in [0, 0.1) is 11.7 Å². The van der Waals surface area contributed by atoms with Crippen LogP contribution in [0.25, 0.3) is 0 Å². The first-order valence-corrected chi connectivity index (χ1v) is 6.92. The van der Waals surface area contributed by atoms with Gasteiger partial charge in [-0.25, -0.2) is 4.39 Å². The van der Waals surface area contributed by atoms with Crippen LogP contribution < -0.4 is 5.73 Å². The number of rotatable bonds is 4. The smallest absolute Gasteiger partial charge is 0.133 e. The number of aliphatic hydroxyl groups excluding tert-OH is 1. The minimum atomic E-state index is -0.372. The lowest BCUT2D eigenvalue weighted by atomic mass is 9.98. The molecule has 0 aliphatic carbocycles. The van der Waals surface area contributed by atoms with Crippen LogP contribution in [0.4, 0.5) is 4.39 Å². The van der Waals surface area contributed by atoms with E-state index in [1.54, 1.807) is 12.1 Å². The fourth-order valence-electron chi connectivity index (χ4n) is 2.56. The lowest BCUT2D eigenvalue weighted by Gasteiger charge is -2.31. The van der Waals surface area contributed by atoms with Crippen LogP contribution in [0.5, 0.6) is 0 Å². The molecule has 1 aliphatic heterocycles. The number of aliphatic hydroxyl groups is 1. The Morgan fingerprint density at radius 2 is 2.32 bits per heavy atom. The molecule has 3 N–H and O–H groups in total. The zero-order chi connectivity index (χ0) is 13.8. The van der Waals surface area contributed by atoms with Gasteiger partial charge in [-0.15, -0.1) is 0 Å². The number of piperidine rings is 1. The van der Waals surface area contributed by atoms with Crippen molar-refractivity contribution in [2.45, 2.75) is 19.4 Å². The van der Waals surface area contributed by atoms with E-state index in [2.05, 4.69) is 4.90 Å². The molecule has 0 saturated carbocycles. The summed E-state index contributed by atoms with van der Waals surface area (Å²) in [5.41, 5.74) is 6.82. The minimum absolute atomic E-state index is 0.0891. The summed E-state index contributed by atoms with van der Waals surface area (Å²) in [7, 11) is 0. The quantitative estimate of drug-likeness (QED) is 0.825. The Labute approximate surface area is 118 Å². The molecule has 5 heteroatoms. The topological polar surface area (TPSA) is 49.5 Å². The maximum absolute atomic E-state index is 13.5. The van der Waals surface area contributed by atoms with Gasteiger partial charge in [-0.2, -0.15) is 0 Å². The summed E-state index contributed by atoms with van der Waals surface area (Å²) in [6.45, 7) is 2.87.